The predicted octanol–water partition coefficient (Wildman–Crippen LogP) is 3.01. The highest BCUT2D eigenvalue weighted by Crippen LogP contribution is 2.23. The Hall–Kier alpha value is -0.770. The molecule has 1 atom stereocenters. The molecule has 0 amide bonds. The fraction of sp³-hybridized carbons (Fsp3) is 0.625. The number of aliphatic hydroxyl groups excluding tert-OH is 1. The summed E-state index contributed by atoms with van der Waals surface area (Å²) in [6.45, 7) is 4.95. The van der Waals surface area contributed by atoms with Crippen LogP contribution in [0.15, 0.2) is 24.3 Å². The summed E-state index contributed by atoms with van der Waals surface area (Å²) in [6, 6.07) is 8.67. The van der Waals surface area contributed by atoms with Crippen molar-refractivity contribution in [3.05, 3.63) is 29.3 Å². The summed E-state index contributed by atoms with van der Waals surface area (Å²) in [4.78, 5) is 4.73. The smallest absolute Gasteiger partial charge is 0.0664 e. The molecule has 0 bridgehead atoms. The van der Waals surface area contributed by atoms with Crippen LogP contribution in [0, 0.1) is 0 Å². The first-order valence-electron chi connectivity index (χ1n) is 7.49. The van der Waals surface area contributed by atoms with Crippen LogP contribution in [0.1, 0.15) is 26.2 Å². The second-order valence-electron chi connectivity index (χ2n) is 5.70. The van der Waals surface area contributed by atoms with Crippen molar-refractivity contribution in [1.82, 2.24) is 4.90 Å². The number of piperidine rings is 1. The molecule has 1 heterocycles. The minimum atomic E-state index is -0.200. The molecule has 0 saturated carbocycles. The van der Waals surface area contributed by atoms with Crippen molar-refractivity contribution in [2.45, 2.75) is 38.3 Å². The van der Waals surface area contributed by atoms with E-state index in [1.165, 1.54) is 5.69 Å². The average Bonchev–Trinajstić information content (AvgIpc) is 2.48. The van der Waals surface area contributed by atoms with Crippen LogP contribution in [0.3, 0.4) is 0 Å². The summed E-state index contributed by atoms with van der Waals surface area (Å²) in [5.41, 5.74) is 1.25. The molecule has 1 aliphatic heterocycles. The lowest BCUT2D eigenvalue weighted by Gasteiger charge is -2.38. The van der Waals surface area contributed by atoms with Gasteiger partial charge in [-0.1, -0.05) is 18.5 Å². The molecule has 3 nitrogen and oxygen atoms in total. The number of anilines is 1. The van der Waals surface area contributed by atoms with Crippen LogP contribution in [0.4, 0.5) is 5.69 Å². The van der Waals surface area contributed by atoms with Crippen LogP contribution in [0.5, 0.6) is 0 Å². The van der Waals surface area contributed by atoms with E-state index < -0.39 is 0 Å². The van der Waals surface area contributed by atoms with Gasteiger partial charge in [0, 0.05) is 36.4 Å². The number of rotatable bonds is 5. The molecule has 112 valence electrons. The summed E-state index contributed by atoms with van der Waals surface area (Å²) >= 11 is 5.93. The Bertz CT molecular complexity index is 401. The largest absolute Gasteiger partial charge is 0.392 e. The fourth-order valence-corrected chi connectivity index (χ4v) is 2.95. The van der Waals surface area contributed by atoms with E-state index in [4.69, 9.17) is 11.6 Å². The molecular weight excluding hydrogens is 272 g/mol. The third kappa shape index (κ3) is 4.11. The number of halogens is 1. The van der Waals surface area contributed by atoms with E-state index in [9.17, 15) is 5.11 Å². The van der Waals surface area contributed by atoms with Crippen LogP contribution in [0.25, 0.3) is 0 Å². The fourth-order valence-electron chi connectivity index (χ4n) is 2.83. The van der Waals surface area contributed by atoms with Crippen LogP contribution >= 0.6 is 11.6 Å². The lowest BCUT2D eigenvalue weighted by Crippen LogP contribution is -2.45. The number of nitrogens with zero attached hydrogens (tertiary/aromatic N) is 2. The van der Waals surface area contributed by atoms with Gasteiger partial charge in [-0.2, -0.15) is 0 Å². The maximum Gasteiger partial charge on any atom is 0.0664 e. The highest BCUT2D eigenvalue weighted by molar-refractivity contribution is 6.30. The molecule has 1 aromatic carbocycles. The molecule has 1 saturated heterocycles. The molecule has 1 fully saturated rings. The zero-order valence-electron chi connectivity index (χ0n) is 12.4. The SMILES string of the molecule is CC[C@@H](O)CN(C)C1CCN(c2ccc(Cl)cc2)CC1. The minimum absolute atomic E-state index is 0.200. The van der Waals surface area contributed by atoms with Gasteiger partial charge in [0.2, 0.25) is 0 Å². The maximum absolute atomic E-state index is 9.75. The van der Waals surface area contributed by atoms with E-state index in [-0.39, 0.29) is 6.10 Å². The van der Waals surface area contributed by atoms with Crippen molar-refractivity contribution >= 4 is 17.3 Å². The van der Waals surface area contributed by atoms with Gasteiger partial charge in [0.25, 0.3) is 0 Å². The van der Waals surface area contributed by atoms with E-state index in [1.54, 1.807) is 0 Å². The zero-order chi connectivity index (χ0) is 14.5. The first-order valence-corrected chi connectivity index (χ1v) is 7.86. The Morgan fingerprint density at radius 3 is 2.45 bits per heavy atom. The molecule has 4 heteroatoms. The van der Waals surface area contributed by atoms with Gasteiger partial charge in [-0.25, -0.2) is 0 Å². The molecule has 1 N–H and O–H groups in total. The van der Waals surface area contributed by atoms with Crippen LogP contribution in [0.2, 0.25) is 5.02 Å². The molecule has 0 radical (unpaired) electrons. The van der Waals surface area contributed by atoms with Crippen LogP contribution < -0.4 is 4.90 Å². The van der Waals surface area contributed by atoms with Crippen molar-refractivity contribution in [1.29, 1.82) is 0 Å². The molecule has 0 unspecified atom stereocenters. The van der Waals surface area contributed by atoms with Gasteiger partial charge in [-0.3, -0.25) is 0 Å². The van der Waals surface area contributed by atoms with Gasteiger partial charge >= 0.3 is 0 Å². The van der Waals surface area contributed by atoms with Gasteiger partial charge < -0.3 is 14.9 Å². The van der Waals surface area contributed by atoms with Gasteiger partial charge in [-0.05, 0) is 50.6 Å². The summed E-state index contributed by atoms with van der Waals surface area (Å²) in [5, 5.41) is 10.5. The molecule has 1 aromatic rings. The Labute approximate surface area is 127 Å². The third-order valence-electron chi connectivity index (χ3n) is 4.25. The standard InChI is InChI=1S/C16H25ClN2O/c1-3-16(20)12-18(2)14-8-10-19(11-9-14)15-6-4-13(17)5-7-15/h4-7,14,16,20H,3,8-12H2,1-2H3/t16-/m1/s1. The van der Waals surface area contributed by atoms with Crippen molar-refractivity contribution in [2.75, 3.05) is 31.6 Å². The lowest BCUT2D eigenvalue weighted by atomic mass is 10.0. The Morgan fingerprint density at radius 2 is 1.90 bits per heavy atom. The Morgan fingerprint density at radius 1 is 1.30 bits per heavy atom. The Kier molecular flexibility index (Phi) is 5.70. The molecule has 0 aromatic heterocycles. The third-order valence-corrected chi connectivity index (χ3v) is 4.50. The number of likely N-dealkylation sites (N-methyl/N-ethyl adjacent to an activating group) is 1. The van der Waals surface area contributed by atoms with E-state index >= 15 is 0 Å². The monoisotopic (exact) mass is 296 g/mol. The number of hydrogen-bond acceptors (Lipinski definition) is 3. The highest BCUT2D eigenvalue weighted by Gasteiger charge is 2.23. The molecule has 1 aliphatic rings. The molecule has 0 aliphatic carbocycles. The normalized spacial score (nSPS) is 18.6. The van der Waals surface area contributed by atoms with Crippen molar-refractivity contribution in [2.24, 2.45) is 0 Å². The van der Waals surface area contributed by atoms with E-state index in [2.05, 4.69) is 29.0 Å². The number of benzene rings is 1. The predicted molar refractivity (Wildman–Crippen MR) is 85.6 cm³/mol. The van der Waals surface area contributed by atoms with Gasteiger partial charge in [0.1, 0.15) is 0 Å². The molecular formula is C16H25ClN2O. The average molecular weight is 297 g/mol. The maximum atomic E-state index is 9.75. The van der Waals surface area contributed by atoms with Gasteiger partial charge in [0.15, 0.2) is 0 Å². The first kappa shape index (κ1) is 15.6. The summed E-state index contributed by atoms with van der Waals surface area (Å²) in [5.74, 6) is 0. The summed E-state index contributed by atoms with van der Waals surface area (Å²) in [7, 11) is 2.13. The zero-order valence-corrected chi connectivity index (χ0v) is 13.2. The second kappa shape index (κ2) is 7.30. The molecule has 0 spiro atoms. The molecule has 20 heavy (non-hydrogen) atoms. The van der Waals surface area contributed by atoms with Crippen LogP contribution in [-0.4, -0.2) is 48.8 Å². The number of hydrogen-bond donors (Lipinski definition) is 1. The Balaban J connectivity index is 1.84. The number of aliphatic hydroxyl groups is 1. The quantitative estimate of drug-likeness (QED) is 0.905. The van der Waals surface area contributed by atoms with E-state index in [0.29, 0.717) is 6.04 Å². The first-order chi connectivity index (χ1) is 9.60. The van der Waals surface area contributed by atoms with Gasteiger partial charge in [0.05, 0.1) is 6.10 Å². The van der Waals surface area contributed by atoms with E-state index in [1.807, 2.05) is 19.1 Å². The van der Waals surface area contributed by atoms with Crippen molar-refractivity contribution < 1.29 is 5.11 Å². The summed E-state index contributed by atoms with van der Waals surface area (Å²) < 4.78 is 0. The van der Waals surface area contributed by atoms with Gasteiger partial charge in [-0.15, -0.1) is 0 Å². The highest BCUT2D eigenvalue weighted by atomic mass is 35.5. The molecule has 2 rings (SSSR count). The summed E-state index contributed by atoms with van der Waals surface area (Å²) in [6.07, 6.45) is 2.92. The van der Waals surface area contributed by atoms with Crippen LogP contribution in [-0.2, 0) is 0 Å². The lowest BCUT2D eigenvalue weighted by molar-refractivity contribution is 0.0932. The minimum Gasteiger partial charge on any atom is -0.392 e. The van der Waals surface area contributed by atoms with Crippen molar-refractivity contribution in [3.63, 3.8) is 0 Å². The van der Waals surface area contributed by atoms with E-state index in [0.717, 1.165) is 43.9 Å². The van der Waals surface area contributed by atoms with Crippen molar-refractivity contribution in [3.8, 4) is 0 Å². The topological polar surface area (TPSA) is 26.7 Å². The second-order valence-corrected chi connectivity index (χ2v) is 6.13.